The normalized spacial score (nSPS) is 18.5. The van der Waals surface area contributed by atoms with Gasteiger partial charge in [-0.05, 0) is 55.0 Å². The van der Waals surface area contributed by atoms with Crippen LogP contribution in [0.15, 0.2) is 101 Å². The number of dihydropyridines is 1. The molecule has 0 bridgehead atoms. The van der Waals surface area contributed by atoms with Crippen molar-refractivity contribution in [2.45, 2.75) is 51.4 Å². The van der Waals surface area contributed by atoms with Crippen LogP contribution in [0.25, 0.3) is 0 Å². The molecule has 5 rings (SSSR count). The fourth-order valence-corrected chi connectivity index (χ4v) is 5.78. The number of hydrogen-bond acceptors (Lipinski definition) is 6. The molecule has 2 atom stereocenters. The van der Waals surface area contributed by atoms with Gasteiger partial charge in [-0.25, -0.2) is 4.79 Å². The molecule has 1 N–H and O–H groups in total. The lowest BCUT2D eigenvalue weighted by Crippen LogP contribution is -2.36. The second kappa shape index (κ2) is 12.9. The third-order valence-electron chi connectivity index (χ3n) is 7.79. The van der Waals surface area contributed by atoms with Gasteiger partial charge in [0.15, 0.2) is 5.78 Å². The summed E-state index contributed by atoms with van der Waals surface area (Å²) in [5, 5.41) is 3.44. The number of hydrogen-bond donors (Lipinski definition) is 1. The van der Waals surface area contributed by atoms with E-state index in [9.17, 15) is 9.59 Å². The fourth-order valence-electron chi connectivity index (χ4n) is 5.78. The number of allylic oxidation sites excluding steroid dienone is 3. The summed E-state index contributed by atoms with van der Waals surface area (Å²) in [7, 11) is 1.64. The Hall–Kier alpha value is -4.32. The van der Waals surface area contributed by atoms with Crippen molar-refractivity contribution >= 4 is 11.8 Å². The van der Waals surface area contributed by atoms with Gasteiger partial charge in [-0.15, -0.1) is 0 Å². The Morgan fingerprint density at radius 3 is 2.39 bits per heavy atom. The average molecular weight is 552 g/mol. The minimum atomic E-state index is -0.576. The summed E-state index contributed by atoms with van der Waals surface area (Å²) in [4.78, 5) is 27.7. The number of para-hydroxylation sites is 1. The molecule has 0 radical (unpaired) electrons. The largest absolute Gasteiger partial charge is 0.497 e. The smallest absolute Gasteiger partial charge is 0.336 e. The number of carbonyl (C=O) groups is 2. The minimum absolute atomic E-state index is 0.0250. The molecule has 2 aliphatic rings. The van der Waals surface area contributed by atoms with Crippen LogP contribution in [0.4, 0.5) is 0 Å². The topological polar surface area (TPSA) is 73.9 Å². The number of ether oxygens (including phenoxy) is 3. The summed E-state index contributed by atoms with van der Waals surface area (Å²) in [6.07, 6.45) is 2.48. The Balaban J connectivity index is 1.49. The first-order valence-electron chi connectivity index (χ1n) is 14.3. The van der Waals surface area contributed by atoms with E-state index in [0.717, 1.165) is 34.6 Å². The van der Waals surface area contributed by atoms with Gasteiger partial charge in [0.1, 0.15) is 11.5 Å². The van der Waals surface area contributed by atoms with E-state index in [4.69, 9.17) is 14.2 Å². The Bertz CT molecular complexity index is 1460. The van der Waals surface area contributed by atoms with Gasteiger partial charge < -0.3 is 19.5 Å². The zero-order chi connectivity index (χ0) is 28.8. The Labute approximate surface area is 242 Å². The molecule has 1 aliphatic heterocycles. The van der Waals surface area contributed by atoms with E-state index in [1.165, 1.54) is 0 Å². The van der Waals surface area contributed by atoms with E-state index in [1.54, 1.807) is 7.11 Å². The highest BCUT2D eigenvalue weighted by Crippen LogP contribution is 2.47. The van der Waals surface area contributed by atoms with Crippen LogP contribution in [-0.4, -0.2) is 32.1 Å². The van der Waals surface area contributed by atoms with E-state index in [0.29, 0.717) is 48.5 Å². The molecule has 0 amide bonds. The highest BCUT2D eigenvalue weighted by molar-refractivity contribution is 6.04. The number of carbonyl (C=O) groups excluding carboxylic acids is 2. The van der Waals surface area contributed by atoms with E-state index >= 15 is 0 Å². The molecule has 0 saturated heterocycles. The van der Waals surface area contributed by atoms with Crippen molar-refractivity contribution in [3.05, 3.63) is 118 Å². The first kappa shape index (κ1) is 28.2. The summed E-state index contributed by atoms with van der Waals surface area (Å²) < 4.78 is 17.3. The summed E-state index contributed by atoms with van der Waals surface area (Å²) in [6.45, 7) is 4.74. The van der Waals surface area contributed by atoms with Crippen molar-refractivity contribution in [3.63, 3.8) is 0 Å². The maximum atomic E-state index is 14.0. The van der Waals surface area contributed by atoms with Crippen molar-refractivity contribution in [1.29, 1.82) is 0 Å². The van der Waals surface area contributed by atoms with Gasteiger partial charge in [-0.2, -0.15) is 0 Å². The first-order valence-corrected chi connectivity index (χ1v) is 14.3. The van der Waals surface area contributed by atoms with Gasteiger partial charge in [0.05, 0.1) is 31.8 Å². The molecule has 0 unspecified atom stereocenters. The molecule has 6 heteroatoms. The molecule has 41 heavy (non-hydrogen) atoms. The number of rotatable bonds is 10. The van der Waals surface area contributed by atoms with Crippen LogP contribution in [0.2, 0.25) is 0 Å². The molecule has 3 aromatic rings. The maximum Gasteiger partial charge on any atom is 0.336 e. The second-order valence-corrected chi connectivity index (χ2v) is 10.5. The van der Waals surface area contributed by atoms with Crippen LogP contribution < -0.4 is 14.8 Å². The third-order valence-corrected chi connectivity index (χ3v) is 7.79. The molecule has 0 saturated carbocycles. The lowest BCUT2D eigenvalue weighted by molar-refractivity contribution is -0.139. The molecule has 1 heterocycles. The Morgan fingerprint density at radius 1 is 0.927 bits per heavy atom. The highest BCUT2D eigenvalue weighted by atomic mass is 16.5. The van der Waals surface area contributed by atoms with Gasteiger partial charge >= 0.3 is 5.97 Å². The number of esters is 1. The molecule has 1 aliphatic carbocycles. The molecule has 0 spiro atoms. The van der Waals surface area contributed by atoms with E-state index in [1.807, 2.05) is 85.8 Å². The lowest BCUT2D eigenvalue weighted by Gasteiger charge is -2.37. The van der Waals surface area contributed by atoms with Crippen LogP contribution >= 0.6 is 0 Å². The van der Waals surface area contributed by atoms with E-state index in [2.05, 4.69) is 12.2 Å². The van der Waals surface area contributed by atoms with Crippen LogP contribution in [-0.2, 0) is 20.7 Å². The van der Waals surface area contributed by atoms with Gasteiger partial charge in [-0.1, -0.05) is 67.6 Å². The Morgan fingerprint density at radius 2 is 1.66 bits per heavy atom. The average Bonchev–Trinajstić information content (AvgIpc) is 3.00. The molecular formula is C35H37NO5. The number of nitrogens with one attached hydrogen (secondary N) is 1. The minimum Gasteiger partial charge on any atom is -0.497 e. The summed E-state index contributed by atoms with van der Waals surface area (Å²) in [5.74, 6) is 0.520. The first-order chi connectivity index (χ1) is 20.0. The van der Waals surface area contributed by atoms with Crippen molar-refractivity contribution in [2.24, 2.45) is 0 Å². The SMILES string of the molecule is CCCOc1ccccc1[C@H]1C(C(=O)OCCc2ccccc2)=C(C)NC2=C1C(=O)C[C@H](c1ccc(OC)cc1)C2. The molecule has 3 aromatic carbocycles. The zero-order valence-electron chi connectivity index (χ0n) is 23.9. The van der Waals surface area contributed by atoms with Gasteiger partial charge in [0.25, 0.3) is 0 Å². The molecule has 0 aromatic heterocycles. The van der Waals surface area contributed by atoms with E-state index in [-0.39, 0.29) is 18.3 Å². The van der Waals surface area contributed by atoms with Crippen molar-refractivity contribution in [3.8, 4) is 11.5 Å². The predicted molar refractivity (Wildman–Crippen MR) is 159 cm³/mol. The fraction of sp³-hybridized carbons (Fsp3) is 0.314. The standard InChI is InChI=1S/C35H37NO5/c1-4-19-40-31-13-9-8-12-28(31)33-32(35(38)41-20-18-24-10-6-5-7-11-24)23(2)36-29-21-26(22-30(37)34(29)33)25-14-16-27(39-3)17-15-25/h5-17,26,33,36H,4,18-22H2,1-3H3/t26-,33+/m1/s1. The van der Waals surface area contributed by atoms with Crippen molar-refractivity contribution in [2.75, 3.05) is 20.3 Å². The van der Waals surface area contributed by atoms with Crippen LogP contribution in [0, 0.1) is 0 Å². The predicted octanol–water partition coefficient (Wildman–Crippen LogP) is 6.63. The number of ketones is 1. The van der Waals surface area contributed by atoms with Crippen LogP contribution in [0.3, 0.4) is 0 Å². The quantitative estimate of drug-likeness (QED) is 0.285. The second-order valence-electron chi connectivity index (χ2n) is 10.5. The van der Waals surface area contributed by atoms with Crippen LogP contribution in [0.5, 0.6) is 11.5 Å². The monoisotopic (exact) mass is 551 g/mol. The lowest BCUT2D eigenvalue weighted by atomic mass is 9.71. The molecule has 6 nitrogen and oxygen atoms in total. The molecular weight excluding hydrogens is 514 g/mol. The summed E-state index contributed by atoms with van der Waals surface area (Å²) >= 11 is 0. The zero-order valence-corrected chi connectivity index (χ0v) is 23.9. The van der Waals surface area contributed by atoms with E-state index < -0.39 is 11.9 Å². The maximum absolute atomic E-state index is 14.0. The summed E-state index contributed by atoms with van der Waals surface area (Å²) in [5.41, 5.74) is 5.63. The highest BCUT2D eigenvalue weighted by Gasteiger charge is 2.42. The number of methoxy groups -OCH3 is 1. The van der Waals surface area contributed by atoms with Gasteiger partial charge in [0.2, 0.25) is 0 Å². The van der Waals surface area contributed by atoms with Crippen LogP contribution in [0.1, 0.15) is 61.6 Å². The van der Waals surface area contributed by atoms with Gasteiger partial charge in [-0.3, -0.25) is 4.79 Å². The molecule has 0 fully saturated rings. The summed E-state index contributed by atoms with van der Waals surface area (Å²) in [6, 6.07) is 25.6. The number of benzene rings is 3. The molecule has 212 valence electrons. The number of Topliss-reactive ketones (excluding diaryl/α,β-unsaturated/α-hetero) is 1. The van der Waals surface area contributed by atoms with Gasteiger partial charge in [0, 0.05) is 35.4 Å². The van der Waals surface area contributed by atoms with Crippen molar-refractivity contribution < 1.29 is 23.8 Å². The third kappa shape index (κ3) is 6.22. The Kier molecular flexibility index (Phi) is 8.88. The van der Waals surface area contributed by atoms with Crippen molar-refractivity contribution in [1.82, 2.24) is 5.32 Å².